The molecule has 1 amide bonds. The number of aromatic nitrogens is 2. The molecule has 0 unspecified atom stereocenters. The van der Waals surface area contributed by atoms with E-state index in [2.05, 4.69) is 27.2 Å². The first-order valence-electron chi connectivity index (χ1n) is 9.40. The van der Waals surface area contributed by atoms with Gasteiger partial charge in [0.2, 0.25) is 0 Å². The number of ether oxygens (including phenoxy) is 1. The van der Waals surface area contributed by atoms with Crippen molar-refractivity contribution >= 4 is 28.6 Å². The van der Waals surface area contributed by atoms with Crippen molar-refractivity contribution in [2.45, 2.75) is 13.0 Å². The van der Waals surface area contributed by atoms with E-state index in [4.69, 9.17) is 10.5 Å². The predicted octanol–water partition coefficient (Wildman–Crippen LogP) is -0.0427. The molecular weight excluding hydrogens is 372 g/mol. The molecular formula is C20H22N6O3. The van der Waals surface area contributed by atoms with Gasteiger partial charge in [-0.3, -0.25) is 4.79 Å². The highest BCUT2D eigenvalue weighted by atomic mass is 16.5. The molecule has 2 aliphatic rings. The second-order valence-electron chi connectivity index (χ2n) is 6.78. The SMILES string of the molecule is C[C@@H](O)C#Cc1ccc2c(C(=O)N3CCOCC3)nn(C3=CCN=C(N)N3)c2c1. The second-order valence-corrected chi connectivity index (χ2v) is 6.78. The summed E-state index contributed by atoms with van der Waals surface area (Å²) in [4.78, 5) is 19.0. The molecule has 2 aliphatic heterocycles. The van der Waals surface area contributed by atoms with Crippen LogP contribution in [0, 0.1) is 11.8 Å². The Bertz CT molecular complexity index is 1070. The molecule has 2 aromatic rings. The van der Waals surface area contributed by atoms with E-state index in [9.17, 15) is 9.90 Å². The van der Waals surface area contributed by atoms with Crippen molar-refractivity contribution in [2.75, 3.05) is 32.8 Å². The van der Waals surface area contributed by atoms with Crippen LogP contribution in [0.2, 0.25) is 0 Å². The van der Waals surface area contributed by atoms with E-state index in [-0.39, 0.29) is 11.9 Å². The van der Waals surface area contributed by atoms with E-state index >= 15 is 0 Å². The molecule has 0 spiro atoms. The third kappa shape index (κ3) is 3.94. The van der Waals surface area contributed by atoms with Crippen molar-refractivity contribution in [1.82, 2.24) is 20.0 Å². The first kappa shape index (κ1) is 19.0. The maximum Gasteiger partial charge on any atom is 0.275 e. The van der Waals surface area contributed by atoms with Crippen LogP contribution < -0.4 is 11.1 Å². The molecule has 9 heteroatoms. The van der Waals surface area contributed by atoms with Crippen LogP contribution in [0.5, 0.6) is 0 Å². The maximum atomic E-state index is 13.1. The standard InChI is InChI=1S/C20H22N6O3/c1-13(27)2-3-14-4-5-15-16(12-14)26(17-6-7-22-20(21)23-17)24-18(15)19(28)25-8-10-29-11-9-25/h4-6,12-13,27H,7-11H2,1H3,(H3,21,22,23)/t13-/m1/s1. The third-order valence-electron chi connectivity index (χ3n) is 4.64. The van der Waals surface area contributed by atoms with Gasteiger partial charge in [-0.2, -0.15) is 5.10 Å². The van der Waals surface area contributed by atoms with E-state index in [0.717, 1.165) is 0 Å². The van der Waals surface area contributed by atoms with Crippen LogP contribution in [0.4, 0.5) is 0 Å². The molecule has 1 aromatic heterocycles. The zero-order valence-corrected chi connectivity index (χ0v) is 16.1. The van der Waals surface area contributed by atoms with E-state index in [1.807, 2.05) is 24.3 Å². The van der Waals surface area contributed by atoms with Crippen molar-refractivity contribution < 1.29 is 14.6 Å². The van der Waals surface area contributed by atoms with Gasteiger partial charge >= 0.3 is 0 Å². The van der Waals surface area contributed by atoms with E-state index in [0.29, 0.717) is 60.8 Å². The summed E-state index contributed by atoms with van der Waals surface area (Å²) in [6.07, 6.45) is 1.12. The Morgan fingerprint density at radius 2 is 2.17 bits per heavy atom. The summed E-state index contributed by atoms with van der Waals surface area (Å²) in [5, 5.41) is 17.8. The Labute approximate surface area is 167 Å². The molecule has 1 aromatic carbocycles. The van der Waals surface area contributed by atoms with Crippen LogP contribution in [0.1, 0.15) is 23.0 Å². The van der Waals surface area contributed by atoms with Gasteiger partial charge in [0, 0.05) is 24.0 Å². The summed E-state index contributed by atoms with van der Waals surface area (Å²) < 4.78 is 7.00. The van der Waals surface area contributed by atoms with Crippen LogP contribution >= 0.6 is 0 Å². The van der Waals surface area contributed by atoms with E-state index < -0.39 is 6.10 Å². The van der Waals surface area contributed by atoms with Gasteiger partial charge in [-0.1, -0.05) is 11.8 Å². The number of fused-ring (bicyclic) bond motifs is 1. The minimum Gasteiger partial charge on any atom is -0.381 e. The van der Waals surface area contributed by atoms with Crippen molar-refractivity contribution in [1.29, 1.82) is 0 Å². The van der Waals surface area contributed by atoms with Gasteiger partial charge in [-0.15, -0.1) is 0 Å². The monoisotopic (exact) mass is 394 g/mol. The fraction of sp³-hybridized carbons (Fsp3) is 0.350. The summed E-state index contributed by atoms with van der Waals surface area (Å²) >= 11 is 0. The molecule has 0 aliphatic carbocycles. The molecule has 4 rings (SSSR count). The summed E-state index contributed by atoms with van der Waals surface area (Å²) in [7, 11) is 0. The molecule has 29 heavy (non-hydrogen) atoms. The van der Waals surface area contributed by atoms with Gasteiger partial charge in [0.25, 0.3) is 5.91 Å². The Kier molecular flexibility index (Phi) is 5.20. The molecule has 1 saturated heterocycles. The molecule has 4 N–H and O–H groups in total. The fourth-order valence-corrected chi connectivity index (χ4v) is 3.23. The summed E-state index contributed by atoms with van der Waals surface area (Å²) in [6.45, 7) is 4.13. The van der Waals surface area contributed by atoms with Gasteiger partial charge in [0.15, 0.2) is 11.7 Å². The minimum atomic E-state index is -0.729. The number of nitrogens with one attached hydrogen (secondary N) is 1. The number of aliphatic hydroxyl groups excluding tert-OH is 1. The van der Waals surface area contributed by atoms with Crippen LogP contribution in [0.3, 0.4) is 0 Å². The van der Waals surface area contributed by atoms with Crippen LogP contribution in [0.25, 0.3) is 16.7 Å². The van der Waals surface area contributed by atoms with E-state index in [1.165, 1.54) is 0 Å². The molecule has 3 heterocycles. The minimum absolute atomic E-state index is 0.141. The van der Waals surface area contributed by atoms with Gasteiger partial charge in [-0.05, 0) is 31.2 Å². The lowest BCUT2D eigenvalue weighted by molar-refractivity contribution is 0.0300. The molecule has 0 bridgehead atoms. The molecule has 9 nitrogen and oxygen atoms in total. The van der Waals surface area contributed by atoms with Gasteiger partial charge < -0.3 is 25.8 Å². The second kappa shape index (κ2) is 7.95. The number of aliphatic imine (C=N–C) groups is 1. The normalized spacial score (nSPS) is 17.7. The van der Waals surface area contributed by atoms with Gasteiger partial charge in [0.1, 0.15) is 11.9 Å². The van der Waals surface area contributed by atoms with Crippen molar-refractivity contribution in [3.05, 3.63) is 35.5 Å². The van der Waals surface area contributed by atoms with Gasteiger partial charge in [0.05, 0.1) is 25.3 Å². The highest BCUT2D eigenvalue weighted by Gasteiger charge is 2.25. The number of carbonyl (C=O) groups excluding carboxylic acids is 1. The Balaban J connectivity index is 1.81. The largest absolute Gasteiger partial charge is 0.381 e. The summed E-state index contributed by atoms with van der Waals surface area (Å²) in [5.41, 5.74) is 7.61. The lowest BCUT2D eigenvalue weighted by Crippen LogP contribution is -2.41. The first-order chi connectivity index (χ1) is 14.0. The zero-order valence-electron chi connectivity index (χ0n) is 16.1. The predicted molar refractivity (Wildman–Crippen MR) is 109 cm³/mol. The number of hydrogen-bond acceptors (Lipinski definition) is 7. The Morgan fingerprint density at radius 3 is 2.90 bits per heavy atom. The maximum absolute atomic E-state index is 13.1. The average molecular weight is 394 g/mol. The Hall–Kier alpha value is -3.35. The number of morpholine rings is 1. The van der Waals surface area contributed by atoms with Crippen LogP contribution in [-0.4, -0.2) is 70.6 Å². The number of nitrogens with two attached hydrogens (primary N) is 1. The molecule has 0 radical (unpaired) electrons. The fourth-order valence-electron chi connectivity index (χ4n) is 3.23. The highest BCUT2D eigenvalue weighted by Crippen LogP contribution is 2.24. The number of benzene rings is 1. The topological polar surface area (TPSA) is 118 Å². The number of carbonyl (C=O) groups is 1. The summed E-state index contributed by atoms with van der Waals surface area (Å²) in [6, 6.07) is 5.50. The van der Waals surface area contributed by atoms with Crippen LogP contribution in [-0.2, 0) is 4.74 Å². The summed E-state index contributed by atoms with van der Waals surface area (Å²) in [5.74, 6) is 6.44. The highest BCUT2D eigenvalue weighted by molar-refractivity contribution is 6.06. The van der Waals surface area contributed by atoms with E-state index in [1.54, 1.807) is 16.5 Å². The lowest BCUT2D eigenvalue weighted by Gasteiger charge is -2.26. The Morgan fingerprint density at radius 1 is 1.38 bits per heavy atom. The van der Waals surface area contributed by atoms with Crippen molar-refractivity contribution in [3.63, 3.8) is 0 Å². The molecule has 150 valence electrons. The third-order valence-corrected chi connectivity index (χ3v) is 4.64. The zero-order chi connectivity index (χ0) is 20.4. The number of nitrogens with zero attached hydrogens (tertiary/aromatic N) is 4. The first-order valence-corrected chi connectivity index (χ1v) is 9.40. The molecule has 1 fully saturated rings. The number of rotatable bonds is 2. The lowest BCUT2D eigenvalue weighted by atomic mass is 10.1. The van der Waals surface area contributed by atoms with Crippen LogP contribution in [0.15, 0.2) is 29.3 Å². The number of aliphatic hydroxyl groups is 1. The van der Waals surface area contributed by atoms with Gasteiger partial charge in [-0.25, -0.2) is 9.67 Å². The number of hydrogen-bond donors (Lipinski definition) is 3. The quantitative estimate of drug-likeness (QED) is 0.615. The average Bonchev–Trinajstić information content (AvgIpc) is 3.11. The van der Waals surface area contributed by atoms with Crippen molar-refractivity contribution in [3.8, 4) is 11.8 Å². The molecule has 1 atom stereocenters. The molecule has 0 saturated carbocycles. The smallest absolute Gasteiger partial charge is 0.275 e. The number of amides is 1. The number of guanidine groups is 1. The van der Waals surface area contributed by atoms with Crippen molar-refractivity contribution in [2.24, 2.45) is 10.7 Å².